The van der Waals surface area contributed by atoms with Crippen LogP contribution in [0.2, 0.25) is 0 Å². The predicted octanol–water partition coefficient (Wildman–Crippen LogP) is 12.8. The molecule has 9 rings (SSSR count). The lowest BCUT2D eigenvalue weighted by Crippen LogP contribution is -2.20. The third kappa shape index (κ3) is 5.75. The number of para-hydroxylation sites is 3. The molecule has 0 bridgehead atoms. The van der Waals surface area contributed by atoms with Gasteiger partial charge in [0.15, 0.2) is 5.78 Å². The third-order valence-corrected chi connectivity index (χ3v) is 13.0. The molecule has 2 aromatic heterocycles. The Morgan fingerprint density at radius 1 is 0.632 bits per heavy atom. The van der Waals surface area contributed by atoms with E-state index in [1.54, 1.807) is 30.3 Å². The minimum absolute atomic E-state index is 0.0319. The highest BCUT2D eigenvalue weighted by Gasteiger charge is 2.35. The smallest absolute Gasteiger partial charge is 0.208 e. The van der Waals surface area contributed by atoms with Crippen LogP contribution in [0.25, 0.3) is 72.4 Å². The average molecular weight is 761 g/mol. The van der Waals surface area contributed by atoms with Gasteiger partial charge in [0.05, 0.1) is 32.0 Å². The second-order valence-corrected chi connectivity index (χ2v) is 16.6. The molecule has 8 aromatic rings. The van der Waals surface area contributed by atoms with Crippen molar-refractivity contribution in [1.29, 1.82) is 0 Å². The predicted molar refractivity (Wildman–Crippen MR) is 236 cm³/mol. The number of carbonyl (C=O) groups excluding carboxylic acids is 1. The van der Waals surface area contributed by atoms with Crippen molar-refractivity contribution in [1.82, 2.24) is 9.13 Å². The number of aromatic nitrogens is 2. The number of ketones is 1. The highest BCUT2D eigenvalue weighted by molar-refractivity contribution is 7.91. The van der Waals surface area contributed by atoms with Crippen molar-refractivity contribution in [3.05, 3.63) is 186 Å². The number of hydrogen-bond acceptors (Lipinski definition) is 3. The molecule has 0 unspecified atom stereocenters. The molecule has 0 saturated heterocycles. The highest BCUT2D eigenvalue weighted by Crippen LogP contribution is 2.39. The Balaban J connectivity index is 1.03. The molecule has 0 spiro atoms. The molecule has 6 heteroatoms. The summed E-state index contributed by atoms with van der Waals surface area (Å²) in [5, 5.41) is 3.52. The van der Waals surface area contributed by atoms with Crippen LogP contribution in [0.4, 0.5) is 0 Å². The van der Waals surface area contributed by atoms with Gasteiger partial charge in [0.25, 0.3) is 0 Å². The van der Waals surface area contributed by atoms with Crippen LogP contribution in [0.5, 0.6) is 0 Å². The van der Waals surface area contributed by atoms with Crippen LogP contribution in [-0.2, 0) is 9.84 Å². The largest absolute Gasteiger partial charge is 0.313 e. The zero-order chi connectivity index (χ0) is 39.6. The second kappa shape index (κ2) is 13.8. The Bertz CT molecular complexity index is 3150. The van der Waals surface area contributed by atoms with Crippen molar-refractivity contribution in [2.45, 2.75) is 37.5 Å². The van der Waals surface area contributed by atoms with Crippen molar-refractivity contribution >= 4 is 71.2 Å². The molecule has 0 fully saturated rings. The van der Waals surface area contributed by atoms with Gasteiger partial charge in [-0.2, -0.15) is 0 Å². The lowest BCUT2D eigenvalue weighted by atomic mass is 9.96. The van der Waals surface area contributed by atoms with Gasteiger partial charge in [-0.05, 0) is 122 Å². The molecule has 3 heterocycles. The molecule has 1 aliphatic heterocycles. The number of carbonyl (C=O) groups is 1. The Morgan fingerprint density at radius 3 is 1.89 bits per heavy atom. The number of sulfone groups is 1. The molecule has 5 nitrogen and oxygen atoms in total. The van der Waals surface area contributed by atoms with Crippen LogP contribution in [0.1, 0.15) is 60.4 Å². The van der Waals surface area contributed by atoms with Gasteiger partial charge in [-0.25, -0.2) is 8.42 Å². The van der Waals surface area contributed by atoms with E-state index >= 15 is 0 Å². The summed E-state index contributed by atoms with van der Waals surface area (Å²) in [6.45, 7) is 12.3. The van der Waals surface area contributed by atoms with Crippen LogP contribution in [0, 0.1) is 0 Å². The first kappa shape index (κ1) is 35.9. The number of nitrogens with zero attached hydrogens (tertiary/aromatic N) is 2. The Morgan fingerprint density at radius 2 is 1.25 bits per heavy atom. The zero-order valence-electron chi connectivity index (χ0n) is 32.2. The Kier molecular flexibility index (Phi) is 8.67. The van der Waals surface area contributed by atoms with E-state index in [0.717, 1.165) is 72.4 Å². The Hall–Kier alpha value is -6.76. The summed E-state index contributed by atoms with van der Waals surface area (Å²) in [6, 6.07) is 43.4. The SMILES string of the molecule is C=C(C)c1c(/C=C\C)n(/C(C)=C/C=C(\C)c2ccc3c(c2)S(=O)(=O)c2ccc(-c4ccc(-n5c6ccccc6c6ccccc65)cc4)cc2C3=O)c2ccccc12. The molecule has 57 heavy (non-hydrogen) atoms. The van der Waals surface area contributed by atoms with E-state index in [1.165, 1.54) is 10.8 Å². The molecule has 0 radical (unpaired) electrons. The van der Waals surface area contributed by atoms with Crippen molar-refractivity contribution in [2.24, 2.45) is 0 Å². The van der Waals surface area contributed by atoms with Gasteiger partial charge in [-0.3, -0.25) is 4.79 Å². The number of fused-ring (bicyclic) bond motifs is 6. The molecular formula is C51H40N2O3S. The van der Waals surface area contributed by atoms with Crippen molar-refractivity contribution in [2.75, 3.05) is 0 Å². The normalized spacial score (nSPS) is 14.1. The number of rotatable bonds is 7. The summed E-state index contributed by atoms with van der Waals surface area (Å²) >= 11 is 0. The standard InChI is InChI=1S/C51H40N2O3S/c1-6-13-47-50(32(2)3)41-16-9-12-19-46(41)52(47)34(5)21-20-33(4)36-24-28-42-49(31-36)57(55,56)48-29-25-37(30-43(48)51(42)54)35-22-26-38(27-23-35)53-44-17-10-7-14-39(44)40-15-8-11-18-45(40)53/h6-31H,2H2,1,3-5H3/b13-6-,33-20+,34-21+. The number of benzene rings is 6. The van der Waals surface area contributed by atoms with Gasteiger partial charge in [0.2, 0.25) is 9.84 Å². The van der Waals surface area contributed by atoms with Gasteiger partial charge < -0.3 is 9.13 Å². The van der Waals surface area contributed by atoms with Gasteiger partial charge >= 0.3 is 0 Å². The molecule has 6 aromatic carbocycles. The minimum atomic E-state index is -3.97. The molecule has 0 atom stereocenters. The average Bonchev–Trinajstić information content (AvgIpc) is 3.75. The molecule has 1 aliphatic rings. The van der Waals surface area contributed by atoms with Crippen LogP contribution in [-0.4, -0.2) is 23.3 Å². The highest BCUT2D eigenvalue weighted by atomic mass is 32.2. The summed E-state index contributed by atoms with van der Waals surface area (Å²) in [7, 11) is -3.97. The quantitative estimate of drug-likeness (QED) is 0.152. The maximum absolute atomic E-state index is 14.2. The molecular weight excluding hydrogens is 721 g/mol. The molecule has 0 N–H and O–H groups in total. The first-order valence-electron chi connectivity index (χ1n) is 19.0. The van der Waals surface area contributed by atoms with Crippen molar-refractivity contribution in [3.63, 3.8) is 0 Å². The fourth-order valence-electron chi connectivity index (χ4n) is 8.39. The van der Waals surface area contributed by atoms with Crippen molar-refractivity contribution < 1.29 is 13.2 Å². The summed E-state index contributed by atoms with van der Waals surface area (Å²) < 4.78 is 32.8. The topological polar surface area (TPSA) is 61.1 Å². The van der Waals surface area contributed by atoms with E-state index in [-0.39, 0.29) is 26.7 Å². The minimum Gasteiger partial charge on any atom is -0.313 e. The number of hydrogen-bond donors (Lipinski definition) is 0. The molecule has 0 amide bonds. The summed E-state index contributed by atoms with van der Waals surface area (Å²) in [5.74, 6) is -0.299. The number of allylic oxidation sites excluding steroid dienone is 6. The second-order valence-electron chi connectivity index (χ2n) is 14.7. The van der Waals surface area contributed by atoms with E-state index in [0.29, 0.717) is 0 Å². The van der Waals surface area contributed by atoms with Crippen molar-refractivity contribution in [3.8, 4) is 16.8 Å². The maximum Gasteiger partial charge on any atom is 0.208 e. The summed E-state index contributed by atoms with van der Waals surface area (Å²) in [4.78, 5) is 14.1. The van der Waals surface area contributed by atoms with E-state index in [1.807, 2.05) is 81.5 Å². The monoisotopic (exact) mass is 760 g/mol. The first-order valence-corrected chi connectivity index (χ1v) is 20.5. The molecule has 0 saturated carbocycles. The van der Waals surface area contributed by atoms with Crippen LogP contribution in [0.3, 0.4) is 0 Å². The van der Waals surface area contributed by atoms with Gasteiger partial charge in [-0.1, -0.05) is 97.6 Å². The van der Waals surface area contributed by atoms with Crippen LogP contribution < -0.4 is 0 Å². The van der Waals surface area contributed by atoms with Crippen LogP contribution >= 0.6 is 0 Å². The van der Waals surface area contributed by atoms with Gasteiger partial charge in [-0.15, -0.1) is 0 Å². The molecule has 278 valence electrons. The summed E-state index contributed by atoms with van der Waals surface area (Å²) in [5.41, 5.74) is 12.1. The van der Waals surface area contributed by atoms with Gasteiger partial charge in [0.1, 0.15) is 0 Å². The zero-order valence-corrected chi connectivity index (χ0v) is 33.1. The van der Waals surface area contributed by atoms with E-state index in [2.05, 4.69) is 89.4 Å². The lowest BCUT2D eigenvalue weighted by molar-refractivity contribution is 0.103. The van der Waals surface area contributed by atoms with E-state index in [9.17, 15) is 13.2 Å². The summed E-state index contributed by atoms with van der Waals surface area (Å²) in [6.07, 6.45) is 8.18. The Labute approximate surface area is 332 Å². The third-order valence-electron chi connectivity index (χ3n) is 11.1. The maximum atomic E-state index is 14.2. The van der Waals surface area contributed by atoms with E-state index < -0.39 is 9.84 Å². The molecule has 0 aliphatic carbocycles. The van der Waals surface area contributed by atoms with Crippen LogP contribution in [0.15, 0.2) is 168 Å². The van der Waals surface area contributed by atoms with E-state index in [4.69, 9.17) is 0 Å². The first-order chi connectivity index (χ1) is 27.6. The van der Waals surface area contributed by atoms with Gasteiger partial charge in [0, 0.05) is 44.2 Å². The fraction of sp³-hybridized carbons (Fsp3) is 0.0784. The lowest BCUT2D eigenvalue weighted by Gasteiger charge is -2.20. The fourth-order valence-corrected chi connectivity index (χ4v) is 10.0.